The predicted octanol–water partition coefficient (Wildman–Crippen LogP) is 2.36. The molecule has 0 fully saturated rings. The summed E-state index contributed by atoms with van der Waals surface area (Å²) in [6.45, 7) is 2.59. The van der Waals surface area contributed by atoms with E-state index in [0.29, 0.717) is 23.6 Å². The molecular weight excluding hydrogens is 342 g/mol. The standard InChI is InChI=1S/C21H19N3O3/c1-12-5-4-9-24-18(12)22-19-16(20(24)25)11-15(21(26)27)17-14-7-3-2-6-13(14)8-10-23(17)19/h2-7,9,15,17H,8,10-11H2,1H3,(H,26,27)/t15-,17-/m1/s1. The van der Waals surface area contributed by atoms with E-state index in [1.807, 2.05) is 42.2 Å². The van der Waals surface area contributed by atoms with Crippen LogP contribution >= 0.6 is 0 Å². The van der Waals surface area contributed by atoms with Crippen LogP contribution in [0.3, 0.4) is 0 Å². The van der Waals surface area contributed by atoms with Crippen molar-refractivity contribution < 1.29 is 9.90 Å². The molecule has 5 rings (SSSR count). The molecule has 0 saturated heterocycles. The lowest BCUT2D eigenvalue weighted by molar-refractivity contribution is -0.142. The third-order valence-electron chi connectivity index (χ3n) is 5.85. The van der Waals surface area contributed by atoms with Crippen molar-refractivity contribution in [1.82, 2.24) is 9.38 Å². The van der Waals surface area contributed by atoms with Gasteiger partial charge in [0.1, 0.15) is 11.5 Å². The van der Waals surface area contributed by atoms with Gasteiger partial charge in [0.15, 0.2) is 0 Å². The molecule has 2 aliphatic heterocycles. The van der Waals surface area contributed by atoms with Gasteiger partial charge in [0.25, 0.3) is 5.56 Å². The van der Waals surface area contributed by atoms with E-state index in [2.05, 4.69) is 6.07 Å². The second-order valence-electron chi connectivity index (χ2n) is 7.34. The van der Waals surface area contributed by atoms with Crippen LogP contribution in [0.1, 0.15) is 28.3 Å². The Kier molecular flexibility index (Phi) is 3.37. The molecule has 4 heterocycles. The summed E-state index contributed by atoms with van der Waals surface area (Å²) < 4.78 is 1.53. The van der Waals surface area contributed by atoms with Gasteiger partial charge < -0.3 is 10.0 Å². The number of fused-ring (bicyclic) bond motifs is 6. The van der Waals surface area contributed by atoms with E-state index in [4.69, 9.17) is 4.98 Å². The Bertz CT molecular complexity index is 1150. The zero-order chi connectivity index (χ0) is 18.7. The number of benzene rings is 1. The summed E-state index contributed by atoms with van der Waals surface area (Å²) in [6.07, 6.45) is 2.71. The second kappa shape index (κ2) is 5.67. The van der Waals surface area contributed by atoms with Gasteiger partial charge in [-0.05, 0) is 42.5 Å². The lowest BCUT2D eigenvalue weighted by Crippen LogP contribution is -2.48. The first kappa shape index (κ1) is 16.1. The third kappa shape index (κ3) is 2.22. The van der Waals surface area contributed by atoms with Crippen LogP contribution in [-0.2, 0) is 17.6 Å². The fraction of sp³-hybridized carbons (Fsp3) is 0.286. The van der Waals surface area contributed by atoms with Crippen molar-refractivity contribution in [3.8, 4) is 0 Å². The normalized spacial score (nSPS) is 20.7. The summed E-state index contributed by atoms with van der Waals surface area (Å²) >= 11 is 0. The number of nitrogens with zero attached hydrogens (tertiary/aromatic N) is 3. The average Bonchev–Trinajstić information content (AvgIpc) is 2.68. The van der Waals surface area contributed by atoms with Gasteiger partial charge in [-0.25, -0.2) is 4.98 Å². The van der Waals surface area contributed by atoms with Crippen molar-refractivity contribution in [2.24, 2.45) is 5.92 Å². The molecular formula is C21H19N3O3. The van der Waals surface area contributed by atoms with Gasteiger partial charge in [-0.3, -0.25) is 14.0 Å². The fourth-order valence-electron chi connectivity index (χ4n) is 4.56. The van der Waals surface area contributed by atoms with Crippen LogP contribution in [-0.4, -0.2) is 27.0 Å². The third-order valence-corrected chi connectivity index (χ3v) is 5.85. The predicted molar refractivity (Wildman–Crippen MR) is 101 cm³/mol. The van der Waals surface area contributed by atoms with Gasteiger partial charge in [-0.2, -0.15) is 0 Å². The van der Waals surface area contributed by atoms with Crippen LogP contribution in [0.4, 0.5) is 5.82 Å². The van der Waals surface area contributed by atoms with E-state index in [9.17, 15) is 14.7 Å². The maximum absolute atomic E-state index is 13.1. The van der Waals surface area contributed by atoms with Crippen molar-refractivity contribution in [3.05, 3.63) is 75.2 Å². The van der Waals surface area contributed by atoms with E-state index in [-0.39, 0.29) is 18.0 Å². The van der Waals surface area contributed by atoms with Gasteiger partial charge in [0.05, 0.1) is 17.5 Å². The highest BCUT2D eigenvalue weighted by Gasteiger charge is 2.44. The summed E-state index contributed by atoms with van der Waals surface area (Å²) in [6, 6.07) is 11.5. The molecule has 6 heteroatoms. The lowest BCUT2D eigenvalue weighted by Gasteiger charge is -2.44. The first-order valence-corrected chi connectivity index (χ1v) is 9.14. The molecule has 1 N–H and O–H groups in total. The number of hydrogen-bond acceptors (Lipinski definition) is 4. The topological polar surface area (TPSA) is 74.9 Å². The minimum Gasteiger partial charge on any atom is -0.481 e. The molecule has 2 aromatic heterocycles. The molecule has 0 unspecified atom stereocenters. The number of aromatic nitrogens is 2. The van der Waals surface area contributed by atoms with Crippen molar-refractivity contribution in [2.75, 3.05) is 11.4 Å². The molecule has 0 bridgehead atoms. The smallest absolute Gasteiger partial charge is 0.309 e. The number of rotatable bonds is 1. The molecule has 0 amide bonds. The van der Waals surface area contributed by atoms with Gasteiger partial charge >= 0.3 is 5.97 Å². The maximum atomic E-state index is 13.1. The monoisotopic (exact) mass is 361 g/mol. The number of carboxylic acids is 1. The number of aryl methyl sites for hydroxylation is 1. The number of pyridine rings is 1. The molecule has 0 aliphatic carbocycles. The highest BCUT2D eigenvalue weighted by Crippen LogP contribution is 2.43. The molecule has 2 atom stereocenters. The number of carboxylic acid groups (broad SMARTS) is 1. The van der Waals surface area contributed by atoms with Gasteiger partial charge in [0, 0.05) is 12.7 Å². The van der Waals surface area contributed by atoms with Crippen LogP contribution in [0.5, 0.6) is 0 Å². The molecule has 0 radical (unpaired) electrons. The van der Waals surface area contributed by atoms with Crippen molar-refractivity contribution in [2.45, 2.75) is 25.8 Å². The summed E-state index contributed by atoms with van der Waals surface area (Å²) in [4.78, 5) is 32.1. The molecule has 0 spiro atoms. The first-order chi connectivity index (χ1) is 13.1. The van der Waals surface area contributed by atoms with E-state index in [1.165, 1.54) is 9.96 Å². The number of anilines is 1. The molecule has 1 aromatic carbocycles. The maximum Gasteiger partial charge on any atom is 0.309 e. The Balaban J connectivity index is 1.80. The Morgan fingerprint density at radius 1 is 1.22 bits per heavy atom. The summed E-state index contributed by atoms with van der Waals surface area (Å²) in [5.41, 5.74) is 4.11. The molecule has 2 aliphatic rings. The number of carbonyl (C=O) groups is 1. The van der Waals surface area contributed by atoms with E-state index in [0.717, 1.165) is 17.5 Å². The Hall–Kier alpha value is -3.15. The Morgan fingerprint density at radius 3 is 2.85 bits per heavy atom. The molecule has 136 valence electrons. The van der Waals surface area contributed by atoms with Crippen LogP contribution in [0.15, 0.2) is 47.4 Å². The number of hydrogen-bond donors (Lipinski definition) is 1. The van der Waals surface area contributed by atoms with E-state index >= 15 is 0 Å². The van der Waals surface area contributed by atoms with Crippen molar-refractivity contribution in [3.63, 3.8) is 0 Å². The van der Waals surface area contributed by atoms with Crippen molar-refractivity contribution in [1.29, 1.82) is 0 Å². The average molecular weight is 361 g/mol. The quantitative estimate of drug-likeness (QED) is 0.720. The van der Waals surface area contributed by atoms with Crippen LogP contribution in [0.25, 0.3) is 5.65 Å². The Morgan fingerprint density at radius 2 is 2.04 bits per heavy atom. The lowest BCUT2D eigenvalue weighted by atomic mass is 9.79. The largest absolute Gasteiger partial charge is 0.481 e. The second-order valence-corrected chi connectivity index (χ2v) is 7.34. The van der Waals surface area contributed by atoms with Crippen LogP contribution in [0, 0.1) is 12.8 Å². The van der Waals surface area contributed by atoms with Crippen LogP contribution < -0.4 is 10.5 Å². The SMILES string of the molecule is Cc1cccn2c(=O)c3c(nc12)N1CCc2ccccc2[C@@H]1[C@H](C(=O)O)C3. The van der Waals surface area contributed by atoms with E-state index < -0.39 is 11.9 Å². The first-order valence-electron chi connectivity index (χ1n) is 9.14. The summed E-state index contributed by atoms with van der Waals surface area (Å²) in [7, 11) is 0. The molecule has 27 heavy (non-hydrogen) atoms. The zero-order valence-corrected chi connectivity index (χ0v) is 14.9. The van der Waals surface area contributed by atoms with Crippen molar-refractivity contribution >= 4 is 17.4 Å². The zero-order valence-electron chi connectivity index (χ0n) is 14.9. The highest BCUT2D eigenvalue weighted by atomic mass is 16.4. The van der Waals surface area contributed by atoms with Gasteiger partial charge in [-0.1, -0.05) is 30.3 Å². The minimum absolute atomic E-state index is 0.165. The Labute approximate surface area is 155 Å². The van der Waals surface area contributed by atoms with Gasteiger partial charge in [-0.15, -0.1) is 0 Å². The molecule has 6 nitrogen and oxygen atoms in total. The minimum atomic E-state index is -0.874. The van der Waals surface area contributed by atoms with Gasteiger partial charge in [0.2, 0.25) is 0 Å². The van der Waals surface area contributed by atoms with E-state index in [1.54, 1.807) is 6.20 Å². The highest BCUT2D eigenvalue weighted by molar-refractivity contribution is 5.76. The van der Waals surface area contributed by atoms with Crippen LogP contribution in [0.2, 0.25) is 0 Å². The fourth-order valence-corrected chi connectivity index (χ4v) is 4.56. The molecule has 3 aromatic rings. The molecule has 0 saturated carbocycles. The summed E-state index contributed by atoms with van der Waals surface area (Å²) in [5, 5.41) is 9.92. The summed E-state index contributed by atoms with van der Waals surface area (Å²) in [5.74, 6) is -0.899. The number of aliphatic carboxylic acids is 1.